The Kier molecular flexibility index (Phi) is 4.90. The van der Waals surface area contributed by atoms with E-state index in [2.05, 4.69) is 46.2 Å². The molecule has 0 atom stereocenters. The normalized spacial score (nSPS) is 15.8. The summed E-state index contributed by atoms with van der Waals surface area (Å²) in [6, 6.07) is 8.35. The fourth-order valence-corrected chi connectivity index (χ4v) is 3.65. The standard InChI is InChI=1S/C22H27N5O2/c1-14(2)25-21(28)29-18-12-24-20-19(18)26-17(11-23-20)15-6-5-7-16(10-15)27-9-8-22(3,4)13-27/h5-7,10-12,14H,8-9,13H2,1-4H3,(H,23,24)(H,25,28). The molecule has 0 bridgehead atoms. The molecule has 1 aliphatic heterocycles. The number of hydrogen-bond donors (Lipinski definition) is 2. The number of rotatable bonds is 4. The summed E-state index contributed by atoms with van der Waals surface area (Å²) in [6.45, 7) is 10.5. The zero-order valence-electron chi connectivity index (χ0n) is 17.3. The monoisotopic (exact) mass is 393 g/mol. The van der Waals surface area contributed by atoms with Crippen molar-refractivity contribution >= 4 is 22.9 Å². The van der Waals surface area contributed by atoms with Gasteiger partial charge in [-0.25, -0.2) is 14.8 Å². The highest BCUT2D eigenvalue weighted by Crippen LogP contribution is 2.34. The second-order valence-corrected chi connectivity index (χ2v) is 8.68. The van der Waals surface area contributed by atoms with Gasteiger partial charge in [0.15, 0.2) is 16.9 Å². The van der Waals surface area contributed by atoms with Crippen LogP contribution in [0, 0.1) is 5.41 Å². The first-order valence-electron chi connectivity index (χ1n) is 9.99. The minimum absolute atomic E-state index is 0.00680. The topological polar surface area (TPSA) is 83.1 Å². The van der Waals surface area contributed by atoms with E-state index in [0.29, 0.717) is 22.3 Å². The lowest BCUT2D eigenvalue weighted by Crippen LogP contribution is -2.32. The van der Waals surface area contributed by atoms with E-state index in [0.717, 1.165) is 24.3 Å². The van der Waals surface area contributed by atoms with Crippen LogP contribution in [0.5, 0.6) is 5.75 Å². The van der Waals surface area contributed by atoms with E-state index in [-0.39, 0.29) is 6.04 Å². The van der Waals surface area contributed by atoms with Crippen LogP contribution < -0.4 is 15.0 Å². The smallest absolute Gasteiger partial charge is 0.406 e. The molecule has 29 heavy (non-hydrogen) atoms. The van der Waals surface area contributed by atoms with Gasteiger partial charge < -0.3 is 19.9 Å². The third kappa shape index (κ3) is 4.18. The van der Waals surface area contributed by atoms with Gasteiger partial charge in [-0.2, -0.15) is 0 Å². The molecule has 0 radical (unpaired) electrons. The lowest BCUT2D eigenvalue weighted by molar-refractivity contribution is 0.198. The summed E-state index contributed by atoms with van der Waals surface area (Å²) in [5.41, 5.74) is 4.37. The Bertz CT molecular complexity index is 1040. The Labute approximate surface area is 170 Å². The van der Waals surface area contributed by atoms with Crippen LogP contribution in [-0.2, 0) is 0 Å². The van der Waals surface area contributed by atoms with Gasteiger partial charge >= 0.3 is 6.09 Å². The van der Waals surface area contributed by atoms with Crippen LogP contribution in [-0.4, -0.2) is 40.2 Å². The van der Waals surface area contributed by atoms with Crippen LogP contribution in [0.2, 0.25) is 0 Å². The van der Waals surface area contributed by atoms with Crippen LogP contribution >= 0.6 is 0 Å². The molecule has 0 unspecified atom stereocenters. The van der Waals surface area contributed by atoms with E-state index in [1.54, 1.807) is 12.4 Å². The van der Waals surface area contributed by atoms with E-state index in [9.17, 15) is 4.79 Å². The number of carbonyl (C=O) groups is 1. The fourth-order valence-electron chi connectivity index (χ4n) is 3.65. The number of nitrogens with one attached hydrogen (secondary N) is 2. The summed E-state index contributed by atoms with van der Waals surface area (Å²) in [5.74, 6) is 0.366. The van der Waals surface area contributed by atoms with Gasteiger partial charge in [-0.05, 0) is 37.8 Å². The summed E-state index contributed by atoms with van der Waals surface area (Å²) in [4.78, 5) is 26.5. The van der Waals surface area contributed by atoms with Gasteiger partial charge in [-0.3, -0.25) is 0 Å². The van der Waals surface area contributed by atoms with Crippen LogP contribution in [0.25, 0.3) is 22.4 Å². The summed E-state index contributed by atoms with van der Waals surface area (Å²) in [7, 11) is 0. The molecule has 0 aliphatic carbocycles. The predicted molar refractivity (Wildman–Crippen MR) is 114 cm³/mol. The second-order valence-electron chi connectivity index (χ2n) is 8.68. The van der Waals surface area contributed by atoms with Gasteiger partial charge in [0.1, 0.15) is 0 Å². The maximum atomic E-state index is 12.0. The van der Waals surface area contributed by atoms with E-state index < -0.39 is 6.09 Å². The van der Waals surface area contributed by atoms with Crippen molar-refractivity contribution in [1.29, 1.82) is 0 Å². The van der Waals surface area contributed by atoms with Crippen molar-refractivity contribution in [2.75, 3.05) is 18.0 Å². The molecule has 1 saturated heterocycles. The molecule has 0 spiro atoms. The number of nitrogens with zero attached hydrogens (tertiary/aromatic N) is 3. The molecule has 7 heteroatoms. The van der Waals surface area contributed by atoms with E-state index in [4.69, 9.17) is 9.72 Å². The number of anilines is 1. The van der Waals surface area contributed by atoms with Gasteiger partial charge in [-0.15, -0.1) is 0 Å². The quantitative estimate of drug-likeness (QED) is 0.688. The Morgan fingerprint density at radius 2 is 2.17 bits per heavy atom. The average Bonchev–Trinajstić information content (AvgIpc) is 3.24. The third-order valence-corrected chi connectivity index (χ3v) is 5.14. The van der Waals surface area contributed by atoms with Gasteiger partial charge in [0.2, 0.25) is 0 Å². The molecule has 2 N–H and O–H groups in total. The first kappa shape index (κ1) is 19.2. The minimum Gasteiger partial charge on any atom is -0.406 e. The van der Waals surface area contributed by atoms with Crippen molar-refractivity contribution in [3.63, 3.8) is 0 Å². The molecule has 1 amide bonds. The fraction of sp³-hybridized carbons (Fsp3) is 0.409. The molecule has 7 nitrogen and oxygen atoms in total. The van der Waals surface area contributed by atoms with Gasteiger partial charge in [0.05, 0.1) is 11.9 Å². The molecule has 3 aromatic rings. The number of aromatic nitrogens is 3. The van der Waals surface area contributed by atoms with E-state index in [1.165, 1.54) is 12.1 Å². The van der Waals surface area contributed by atoms with Crippen molar-refractivity contribution < 1.29 is 9.53 Å². The Morgan fingerprint density at radius 3 is 2.90 bits per heavy atom. The van der Waals surface area contributed by atoms with Crippen LogP contribution in [0.3, 0.4) is 0 Å². The van der Waals surface area contributed by atoms with Crippen molar-refractivity contribution in [3.05, 3.63) is 36.7 Å². The molecule has 0 saturated carbocycles. The summed E-state index contributed by atoms with van der Waals surface area (Å²) >= 11 is 0. The maximum absolute atomic E-state index is 12.0. The molecular weight excluding hydrogens is 366 g/mol. The maximum Gasteiger partial charge on any atom is 0.412 e. The molecular formula is C22H27N5O2. The average molecular weight is 393 g/mol. The van der Waals surface area contributed by atoms with Crippen LogP contribution in [0.1, 0.15) is 34.1 Å². The number of aromatic amines is 1. The Balaban J connectivity index is 1.62. The number of carbonyl (C=O) groups excluding carboxylic acids is 1. The molecule has 152 valence electrons. The number of fused-ring (bicyclic) bond motifs is 1. The Morgan fingerprint density at radius 1 is 1.34 bits per heavy atom. The number of amides is 1. The third-order valence-electron chi connectivity index (χ3n) is 5.14. The molecule has 1 aliphatic rings. The van der Waals surface area contributed by atoms with Gasteiger partial charge in [-0.1, -0.05) is 26.0 Å². The molecule has 2 aromatic heterocycles. The number of ether oxygens (including phenoxy) is 1. The van der Waals surface area contributed by atoms with Crippen LogP contribution in [0.4, 0.5) is 10.5 Å². The SMILES string of the molecule is CC(C)NC(=O)Oc1c[nH]c2ncc(-c3cccc(N4CCC(C)(C)C4)c3)nc12. The number of H-pyrrole nitrogens is 1. The van der Waals surface area contributed by atoms with E-state index >= 15 is 0 Å². The number of benzene rings is 1. The molecule has 1 aromatic carbocycles. The van der Waals surface area contributed by atoms with Crippen molar-refractivity contribution in [2.45, 2.75) is 40.2 Å². The zero-order chi connectivity index (χ0) is 20.6. The van der Waals surface area contributed by atoms with Crippen molar-refractivity contribution in [2.24, 2.45) is 5.41 Å². The van der Waals surface area contributed by atoms with Gasteiger partial charge in [0, 0.05) is 36.6 Å². The first-order valence-corrected chi connectivity index (χ1v) is 9.99. The zero-order valence-corrected chi connectivity index (χ0v) is 17.3. The Hall–Kier alpha value is -3.09. The highest BCUT2D eigenvalue weighted by Gasteiger charge is 2.29. The lowest BCUT2D eigenvalue weighted by Gasteiger charge is -2.22. The minimum atomic E-state index is -0.508. The highest BCUT2D eigenvalue weighted by atomic mass is 16.6. The van der Waals surface area contributed by atoms with Crippen molar-refractivity contribution in [3.8, 4) is 17.0 Å². The first-order chi connectivity index (χ1) is 13.8. The van der Waals surface area contributed by atoms with Gasteiger partial charge in [0.25, 0.3) is 0 Å². The summed E-state index contributed by atoms with van der Waals surface area (Å²) in [6.07, 6.45) is 4.03. The molecule has 4 rings (SSSR count). The largest absolute Gasteiger partial charge is 0.412 e. The summed E-state index contributed by atoms with van der Waals surface area (Å²) < 4.78 is 5.41. The lowest BCUT2D eigenvalue weighted by atomic mass is 9.93. The highest BCUT2D eigenvalue weighted by molar-refractivity contribution is 5.84. The number of hydrogen-bond acceptors (Lipinski definition) is 5. The second kappa shape index (κ2) is 7.39. The van der Waals surface area contributed by atoms with E-state index in [1.807, 2.05) is 26.0 Å². The predicted octanol–water partition coefficient (Wildman–Crippen LogP) is 4.36. The molecule has 3 heterocycles. The summed E-state index contributed by atoms with van der Waals surface area (Å²) in [5, 5.41) is 2.71. The molecule has 1 fully saturated rings. The van der Waals surface area contributed by atoms with Crippen LogP contribution in [0.15, 0.2) is 36.7 Å². The van der Waals surface area contributed by atoms with Crippen molar-refractivity contribution in [1.82, 2.24) is 20.3 Å².